The van der Waals surface area contributed by atoms with Gasteiger partial charge in [-0.25, -0.2) is 8.42 Å². The summed E-state index contributed by atoms with van der Waals surface area (Å²) in [7, 11) is -3.29. The number of hydrogen-bond acceptors (Lipinski definition) is 3. The topological polar surface area (TPSA) is 63.2 Å². The van der Waals surface area contributed by atoms with E-state index in [0.717, 1.165) is 18.4 Å². The monoisotopic (exact) mass is 323 g/mol. The quantitative estimate of drug-likeness (QED) is 0.875. The highest BCUT2D eigenvalue weighted by atomic mass is 32.2. The van der Waals surface area contributed by atoms with Crippen molar-refractivity contribution in [2.75, 3.05) is 11.5 Å². The lowest BCUT2D eigenvalue weighted by Gasteiger charge is -2.31. The third-order valence-corrected chi connectivity index (χ3v) is 5.97. The number of carbonyl (C=O) groups excluding carboxylic acids is 1. The van der Waals surface area contributed by atoms with E-state index in [-0.39, 0.29) is 17.7 Å². The van der Waals surface area contributed by atoms with E-state index in [2.05, 4.69) is 5.32 Å². The van der Waals surface area contributed by atoms with Crippen molar-refractivity contribution in [3.8, 4) is 0 Å². The zero-order chi connectivity index (χ0) is 16.0. The Bertz CT molecular complexity index is 577. The molecule has 1 atom stereocenters. The lowest BCUT2D eigenvalue weighted by molar-refractivity contribution is -0.119. The van der Waals surface area contributed by atoms with Gasteiger partial charge in [0.15, 0.2) is 9.84 Å². The van der Waals surface area contributed by atoms with Gasteiger partial charge in [-0.3, -0.25) is 4.79 Å². The number of amides is 1. The zero-order valence-electron chi connectivity index (χ0n) is 13.1. The lowest BCUT2D eigenvalue weighted by atomic mass is 9.81. The number of rotatable bonds is 6. The molecule has 0 aromatic heterocycles. The van der Waals surface area contributed by atoms with E-state index in [1.165, 1.54) is 19.3 Å². The molecular weight excluding hydrogens is 298 g/mol. The minimum Gasteiger partial charge on any atom is -0.348 e. The molecule has 22 heavy (non-hydrogen) atoms. The van der Waals surface area contributed by atoms with Crippen molar-refractivity contribution in [3.63, 3.8) is 0 Å². The summed E-state index contributed by atoms with van der Waals surface area (Å²) in [6.45, 7) is 1.57. The minimum atomic E-state index is -3.29. The second-order valence-corrected chi connectivity index (χ2v) is 8.38. The molecule has 0 unspecified atom stereocenters. The highest BCUT2D eigenvalue weighted by Gasteiger charge is 2.27. The van der Waals surface area contributed by atoms with Crippen LogP contribution in [0.15, 0.2) is 30.3 Å². The summed E-state index contributed by atoms with van der Waals surface area (Å²) in [5.41, 5.74) is 1.07. The Hall–Kier alpha value is -1.36. The van der Waals surface area contributed by atoms with Crippen LogP contribution in [0.2, 0.25) is 0 Å². The third kappa shape index (κ3) is 4.83. The van der Waals surface area contributed by atoms with Crippen molar-refractivity contribution >= 4 is 15.7 Å². The maximum atomic E-state index is 12.2. The second kappa shape index (κ2) is 7.77. The number of hydrogen-bond donors (Lipinski definition) is 1. The molecule has 1 aromatic rings. The Kier molecular flexibility index (Phi) is 6.00. The molecule has 4 nitrogen and oxygen atoms in total. The molecule has 1 N–H and O–H groups in total. The molecule has 1 fully saturated rings. The van der Waals surface area contributed by atoms with Crippen molar-refractivity contribution in [1.82, 2.24) is 5.32 Å². The van der Waals surface area contributed by atoms with Crippen LogP contribution in [0.5, 0.6) is 0 Å². The normalized spacial score (nSPS) is 17.9. The SMILES string of the molecule is CCS(=O)(=O)CC(=O)N[C@H](c1ccccc1)C1CCCCC1. The van der Waals surface area contributed by atoms with Crippen LogP contribution in [0.4, 0.5) is 0 Å². The molecule has 2 rings (SSSR count). The summed E-state index contributed by atoms with van der Waals surface area (Å²) in [6.07, 6.45) is 5.77. The summed E-state index contributed by atoms with van der Waals surface area (Å²) in [5, 5.41) is 2.98. The predicted octanol–water partition coefficient (Wildman–Crippen LogP) is 2.86. The molecule has 0 spiro atoms. The van der Waals surface area contributed by atoms with Crippen molar-refractivity contribution in [2.45, 2.75) is 45.1 Å². The first-order chi connectivity index (χ1) is 10.5. The highest BCUT2D eigenvalue weighted by molar-refractivity contribution is 7.92. The molecule has 0 bridgehead atoms. The first kappa shape index (κ1) is 17.0. The van der Waals surface area contributed by atoms with Gasteiger partial charge in [0.2, 0.25) is 5.91 Å². The van der Waals surface area contributed by atoms with Gasteiger partial charge >= 0.3 is 0 Å². The van der Waals surface area contributed by atoms with E-state index in [4.69, 9.17) is 0 Å². The standard InChI is InChI=1S/C17H25NO3S/c1-2-22(20,21)13-16(19)18-17(14-9-5-3-6-10-14)15-11-7-4-8-12-15/h3,5-6,9-10,15,17H,2,4,7-8,11-13H2,1H3,(H,18,19)/t17-/m1/s1. The molecule has 0 saturated heterocycles. The van der Waals surface area contributed by atoms with E-state index in [1.807, 2.05) is 30.3 Å². The largest absolute Gasteiger partial charge is 0.348 e. The Balaban J connectivity index is 2.12. The van der Waals surface area contributed by atoms with E-state index in [0.29, 0.717) is 5.92 Å². The van der Waals surface area contributed by atoms with Crippen LogP contribution in [0.25, 0.3) is 0 Å². The maximum absolute atomic E-state index is 12.2. The zero-order valence-corrected chi connectivity index (χ0v) is 13.9. The summed E-state index contributed by atoms with van der Waals surface area (Å²) in [4.78, 5) is 12.2. The average molecular weight is 323 g/mol. The van der Waals surface area contributed by atoms with Gasteiger partial charge in [-0.05, 0) is 24.3 Å². The van der Waals surface area contributed by atoms with Crippen LogP contribution in [-0.4, -0.2) is 25.8 Å². The number of nitrogens with one attached hydrogen (secondary N) is 1. The molecule has 122 valence electrons. The molecule has 0 heterocycles. The summed E-state index contributed by atoms with van der Waals surface area (Å²) in [6, 6.07) is 9.80. The highest BCUT2D eigenvalue weighted by Crippen LogP contribution is 2.34. The van der Waals surface area contributed by atoms with Gasteiger partial charge in [-0.1, -0.05) is 56.5 Å². The molecular formula is C17H25NO3S. The van der Waals surface area contributed by atoms with Gasteiger partial charge in [-0.2, -0.15) is 0 Å². The summed E-state index contributed by atoms with van der Waals surface area (Å²) >= 11 is 0. The van der Waals surface area contributed by atoms with Crippen molar-refractivity contribution in [2.24, 2.45) is 5.92 Å². The second-order valence-electron chi connectivity index (χ2n) is 6.03. The van der Waals surface area contributed by atoms with E-state index in [9.17, 15) is 13.2 Å². The summed E-state index contributed by atoms with van der Waals surface area (Å²) < 4.78 is 23.3. The van der Waals surface area contributed by atoms with Gasteiger partial charge in [0.25, 0.3) is 0 Å². The molecule has 5 heteroatoms. The average Bonchev–Trinajstić information content (AvgIpc) is 2.54. The minimum absolute atomic E-state index is 0.000147. The first-order valence-corrected chi connectivity index (χ1v) is 9.88. The molecule has 1 aromatic carbocycles. The fourth-order valence-electron chi connectivity index (χ4n) is 3.12. The maximum Gasteiger partial charge on any atom is 0.235 e. The van der Waals surface area contributed by atoms with Crippen molar-refractivity contribution in [3.05, 3.63) is 35.9 Å². The molecule has 0 radical (unpaired) electrons. The van der Waals surface area contributed by atoms with Gasteiger partial charge in [0.05, 0.1) is 6.04 Å². The fraction of sp³-hybridized carbons (Fsp3) is 0.588. The Morgan fingerprint density at radius 3 is 2.41 bits per heavy atom. The summed E-state index contributed by atoms with van der Waals surface area (Å²) in [5.74, 6) is -0.412. The Morgan fingerprint density at radius 1 is 1.18 bits per heavy atom. The van der Waals surface area contributed by atoms with Crippen LogP contribution in [0.3, 0.4) is 0 Å². The van der Waals surface area contributed by atoms with E-state index in [1.54, 1.807) is 6.92 Å². The molecule has 1 amide bonds. The van der Waals surface area contributed by atoms with Gasteiger partial charge in [0.1, 0.15) is 5.75 Å². The predicted molar refractivity (Wildman–Crippen MR) is 88.2 cm³/mol. The van der Waals surface area contributed by atoms with Gasteiger partial charge in [0, 0.05) is 5.75 Å². The molecule has 1 aliphatic rings. The van der Waals surface area contributed by atoms with Crippen LogP contribution in [0.1, 0.15) is 50.6 Å². The van der Waals surface area contributed by atoms with Crippen molar-refractivity contribution in [1.29, 1.82) is 0 Å². The van der Waals surface area contributed by atoms with Crippen LogP contribution in [-0.2, 0) is 14.6 Å². The molecule has 1 aliphatic carbocycles. The Morgan fingerprint density at radius 2 is 1.82 bits per heavy atom. The van der Waals surface area contributed by atoms with Gasteiger partial charge in [-0.15, -0.1) is 0 Å². The first-order valence-electron chi connectivity index (χ1n) is 8.06. The van der Waals surface area contributed by atoms with Crippen LogP contribution in [0, 0.1) is 5.92 Å². The fourth-order valence-corrected chi connectivity index (χ4v) is 3.81. The van der Waals surface area contributed by atoms with Crippen LogP contribution >= 0.6 is 0 Å². The van der Waals surface area contributed by atoms with E-state index >= 15 is 0 Å². The Labute approximate surface area is 133 Å². The lowest BCUT2D eigenvalue weighted by Crippen LogP contribution is -2.38. The number of sulfone groups is 1. The number of benzene rings is 1. The number of carbonyl (C=O) groups is 1. The molecule has 0 aliphatic heterocycles. The molecule has 1 saturated carbocycles. The van der Waals surface area contributed by atoms with Crippen molar-refractivity contribution < 1.29 is 13.2 Å². The van der Waals surface area contributed by atoms with E-state index < -0.39 is 15.6 Å². The van der Waals surface area contributed by atoms with Gasteiger partial charge < -0.3 is 5.32 Å². The smallest absolute Gasteiger partial charge is 0.235 e. The third-order valence-electron chi connectivity index (χ3n) is 4.39. The van der Waals surface area contributed by atoms with Crippen LogP contribution < -0.4 is 5.32 Å².